The van der Waals surface area contributed by atoms with Crippen LogP contribution in [0.5, 0.6) is 11.5 Å². The lowest BCUT2D eigenvalue weighted by atomic mass is 9.85. The lowest BCUT2D eigenvalue weighted by Crippen LogP contribution is -2.51. The van der Waals surface area contributed by atoms with Crippen molar-refractivity contribution in [2.75, 3.05) is 19.5 Å². The van der Waals surface area contributed by atoms with Crippen molar-refractivity contribution in [3.8, 4) is 11.5 Å². The first-order valence-electron chi connectivity index (χ1n) is 12.6. The molecule has 2 unspecified atom stereocenters. The molecule has 2 atom stereocenters. The molecular weight excluding hydrogens is 464 g/mol. The topological polar surface area (TPSA) is 67.9 Å². The summed E-state index contributed by atoms with van der Waals surface area (Å²) in [5.74, 6) is 1.22. The van der Waals surface area contributed by atoms with Gasteiger partial charge >= 0.3 is 0 Å². The number of amides is 2. The Labute approximate surface area is 218 Å². The summed E-state index contributed by atoms with van der Waals surface area (Å²) in [6, 6.07) is 24.0. The zero-order valence-corrected chi connectivity index (χ0v) is 21.4. The maximum atomic E-state index is 13.9. The Morgan fingerprint density at radius 3 is 2.11 bits per heavy atom. The standard InChI is InChI=1S/C31H34N2O4/c1-36-27-17-13-24(14-18-27)22-33(29(34)21-23-9-5-3-6-10-23)30(25-11-7-4-8-12-25)31(35)32-26-15-19-28(37-2)20-16-26/h3-7,9-10,13-20,25,30H,8,11-12,21-22H2,1-2H3,(H,32,35). The highest BCUT2D eigenvalue weighted by atomic mass is 16.5. The molecule has 3 aromatic rings. The molecule has 0 radical (unpaired) electrons. The van der Waals surface area contributed by atoms with Crippen LogP contribution >= 0.6 is 0 Å². The number of rotatable bonds is 10. The number of hydrogen-bond donors (Lipinski definition) is 1. The summed E-state index contributed by atoms with van der Waals surface area (Å²) in [6.45, 7) is 0.330. The van der Waals surface area contributed by atoms with Gasteiger partial charge in [-0.25, -0.2) is 0 Å². The van der Waals surface area contributed by atoms with Crippen LogP contribution in [0.1, 0.15) is 30.4 Å². The van der Waals surface area contributed by atoms with E-state index >= 15 is 0 Å². The van der Waals surface area contributed by atoms with E-state index in [0.717, 1.165) is 36.1 Å². The van der Waals surface area contributed by atoms with Crippen LogP contribution in [0.15, 0.2) is 91.0 Å². The summed E-state index contributed by atoms with van der Waals surface area (Å²) in [5.41, 5.74) is 2.53. The van der Waals surface area contributed by atoms with E-state index in [9.17, 15) is 9.59 Å². The number of ether oxygens (including phenoxy) is 2. The Morgan fingerprint density at radius 1 is 0.865 bits per heavy atom. The number of nitrogens with zero attached hydrogens (tertiary/aromatic N) is 1. The third-order valence-corrected chi connectivity index (χ3v) is 6.75. The molecule has 6 heteroatoms. The van der Waals surface area contributed by atoms with Crippen LogP contribution < -0.4 is 14.8 Å². The van der Waals surface area contributed by atoms with Crippen molar-refractivity contribution in [2.45, 2.75) is 38.3 Å². The minimum absolute atomic E-state index is 0.0150. The molecule has 37 heavy (non-hydrogen) atoms. The van der Waals surface area contributed by atoms with E-state index in [4.69, 9.17) is 9.47 Å². The summed E-state index contributed by atoms with van der Waals surface area (Å²) in [5, 5.41) is 3.06. The number of allylic oxidation sites excluding steroid dienone is 2. The van der Waals surface area contributed by atoms with Crippen molar-refractivity contribution in [1.82, 2.24) is 4.90 Å². The molecule has 3 aromatic carbocycles. The number of carbonyl (C=O) groups excluding carboxylic acids is 2. The highest BCUT2D eigenvalue weighted by Gasteiger charge is 2.36. The van der Waals surface area contributed by atoms with Crippen LogP contribution in [0.3, 0.4) is 0 Å². The van der Waals surface area contributed by atoms with E-state index in [-0.39, 0.29) is 24.2 Å². The fraction of sp³-hybridized carbons (Fsp3) is 0.290. The number of nitrogens with one attached hydrogen (secondary N) is 1. The van der Waals surface area contributed by atoms with Gasteiger partial charge in [0.2, 0.25) is 11.8 Å². The second-order valence-electron chi connectivity index (χ2n) is 9.24. The number of methoxy groups -OCH3 is 2. The number of hydrogen-bond acceptors (Lipinski definition) is 4. The van der Waals surface area contributed by atoms with Gasteiger partial charge in [0, 0.05) is 12.2 Å². The molecule has 0 bridgehead atoms. The average molecular weight is 499 g/mol. The summed E-state index contributed by atoms with van der Waals surface area (Å²) < 4.78 is 10.5. The number of benzene rings is 3. The second-order valence-corrected chi connectivity index (χ2v) is 9.24. The van der Waals surface area contributed by atoms with E-state index in [1.165, 1.54) is 0 Å². The monoisotopic (exact) mass is 498 g/mol. The van der Waals surface area contributed by atoms with Crippen LogP contribution in [-0.4, -0.2) is 37.0 Å². The van der Waals surface area contributed by atoms with Gasteiger partial charge in [0.1, 0.15) is 17.5 Å². The Balaban J connectivity index is 1.66. The first-order chi connectivity index (χ1) is 18.1. The van der Waals surface area contributed by atoms with Crippen molar-refractivity contribution in [3.05, 3.63) is 102 Å². The van der Waals surface area contributed by atoms with Gasteiger partial charge in [-0.15, -0.1) is 0 Å². The van der Waals surface area contributed by atoms with Crippen LogP contribution in [0, 0.1) is 5.92 Å². The average Bonchev–Trinajstić information content (AvgIpc) is 2.94. The maximum Gasteiger partial charge on any atom is 0.247 e. The fourth-order valence-corrected chi connectivity index (χ4v) is 4.75. The van der Waals surface area contributed by atoms with Crippen LogP contribution in [-0.2, 0) is 22.6 Å². The van der Waals surface area contributed by atoms with E-state index in [1.807, 2.05) is 78.9 Å². The molecule has 0 spiro atoms. The van der Waals surface area contributed by atoms with E-state index < -0.39 is 6.04 Å². The first kappa shape index (κ1) is 26.0. The van der Waals surface area contributed by atoms with E-state index in [2.05, 4.69) is 17.5 Å². The van der Waals surface area contributed by atoms with Gasteiger partial charge < -0.3 is 19.7 Å². The third-order valence-electron chi connectivity index (χ3n) is 6.75. The zero-order chi connectivity index (χ0) is 26.0. The minimum atomic E-state index is -0.620. The van der Waals surface area contributed by atoms with Crippen molar-refractivity contribution in [1.29, 1.82) is 0 Å². The molecule has 192 valence electrons. The molecule has 1 aliphatic carbocycles. The van der Waals surface area contributed by atoms with Crippen LogP contribution in [0.25, 0.3) is 0 Å². The first-order valence-corrected chi connectivity index (χ1v) is 12.6. The largest absolute Gasteiger partial charge is 0.497 e. The van der Waals surface area contributed by atoms with Crippen molar-refractivity contribution < 1.29 is 19.1 Å². The fourth-order valence-electron chi connectivity index (χ4n) is 4.75. The number of carbonyl (C=O) groups is 2. The highest BCUT2D eigenvalue weighted by molar-refractivity contribution is 5.97. The molecule has 6 nitrogen and oxygen atoms in total. The predicted molar refractivity (Wildman–Crippen MR) is 146 cm³/mol. The van der Waals surface area contributed by atoms with Gasteiger partial charge in [-0.1, -0.05) is 54.6 Å². The zero-order valence-electron chi connectivity index (χ0n) is 21.4. The summed E-state index contributed by atoms with van der Waals surface area (Å²) >= 11 is 0. The molecule has 0 saturated heterocycles. The number of anilines is 1. The smallest absolute Gasteiger partial charge is 0.247 e. The summed E-state index contributed by atoms with van der Waals surface area (Å²) in [7, 11) is 3.23. The van der Waals surface area contributed by atoms with E-state index in [1.54, 1.807) is 19.1 Å². The lowest BCUT2D eigenvalue weighted by Gasteiger charge is -2.37. The van der Waals surface area contributed by atoms with Crippen molar-refractivity contribution in [3.63, 3.8) is 0 Å². The van der Waals surface area contributed by atoms with Crippen LogP contribution in [0.4, 0.5) is 5.69 Å². The SMILES string of the molecule is COc1ccc(CN(C(=O)Cc2ccccc2)C(C(=O)Nc2ccc(OC)cc2)C2CC=CCC2)cc1. The lowest BCUT2D eigenvalue weighted by molar-refractivity contribution is -0.141. The third kappa shape index (κ3) is 7.00. The molecule has 1 N–H and O–H groups in total. The summed E-state index contributed by atoms with van der Waals surface area (Å²) in [4.78, 5) is 29.5. The Kier molecular flexibility index (Phi) is 8.98. The highest BCUT2D eigenvalue weighted by Crippen LogP contribution is 2.29. The molecule has 4 rings (SSSR count). The van der Waals surface area contributed by atoms with Crippen molar-refractivity contribution >= 4 is 17.5 Å². The van der Waals surface area contributed by atoms with Gasteiger partial charge in [0.15, 0.2) is 0 Å². The second kappa shape index (κ2) is 12.8. The predicted octanol–water partition coefficient (Wildman–Crippen LogP) is 5.64. The van der Waals surface area contributed by atoms with Gasteiger partial charge in [-0.3, -0.25) is 9.59 Å². The minimum Gasteiger partial charge on any atom is -0.497 e. The molecule has 0 heterocycles. The normalized spacial score (nSPS) is 15.5. The molecule has 2 amide bonds. The molecule has 0 aromatic heterocycles. The maximum absolute atomic E-state index is 13.9. The molecule has 0 fully saturated rings. The van der Waals surface area contributed by atoms with E-state index in [0.29, 0.717) is 18.0 Å². The van der Waals surface area contributed by atoms with Crippen molar-refractivity contribution in [2.24, 2.45) is 5.92 Å². The van der Waals surface area contributed by atoms with Gasteiger partial charge in [0.25, 0.3) is 0 Å². The quantitative estimate of drug-likeness (QED) is 0.368. The van der Waals surface area contributed by atoms with Gasteiger partial charge in [-0.2, -0.15) is 0 Å². The molecular formula is C31H34N2O4. The van der Waals surface area contributed by atoms with Crippen LogP contribution in [0.2, 0.25) is 0 Å². The summed E-state index contributed by atoms with van der Waals surface area (Å²) in [6.07, 6.45) is 6.98. The Bertz CT molecular complexity index is 1190. The molecule has 0 saturated carbocycles. The van der Waals surface area contributed by atoms with Gasteiger partial charge in [0.05, 0.1) is 20.6 Å². The molecule has 0 aliphatic heterocycles. The Hall–Kier alpha value is -4.06. The van der Waals surface area contributed by atoms with Gasteiger partial charge in [-0.05, 0) is 72.7 Å². The Morgan fingerprint density at radius 2 is 1.51 bits per heavy atom. The molecule has 1 aliphatic rings.